The van der Waals surface area contributed by atoms with Gasteiger partial charge in [0.05, 0.1) is 0 Å². The van der Waals surface area contributed by atoms with E-state index in [0.717, 1.165) is 10.2 Å². The van der Waals surface area contributed by atoms with Crippen molar-refractivity contribution in [3.05, 3.63) is 76.6 Å². The number of alkyl halides is 1. The van der Waals surface area contributed by atoms with Gasteiger partial charge in [0.15, 0.2) is 5.50 Å². The third-order valence-electron chi connectivity index (χ3n) is 4.27. The molecule has 0 radical (unpaired) electrons. The van der Waals surface area contributed by atoms with E-state index in [1.165, 1.54) is 0 Å². The van der Waals surface area contributed by atoms with Crippen molar-refractivity contribution in [3.63, 3.8) is 0 Å². The van der Waals surface area contributed by atoms with Crippen LogP contribution >= 0.6 is 11.6 Å². The van der Waals surface area contributed by atoms with Gasteiger partial charge in [-0.1, -0.05) is 79.2 Å². The Balaban J connectivity index is 2.22. The second-order valence-electron chi connectivity index (χ2n) is 6.16. The van der Waals surface area contributed by atoms with Crippen molar-refractivity contribution < 1.29 is 9.53 Å². The van der Waals surface area contributed by atoms with Gasteiger partial charge in [-0.3, -0.25) is 9.59 Å². The SMILES string of the molecule is CCC(=O)OCC(Cl)n1nc(-c2ccccc2)c(-c2ccccc2)c(C#N)c1=O. The first-order chi connectivity index (χ1) is 14.1. The quantitative estimate of drug-likeness (QED) is 0.453. The second kappa shape index (κ2) is 9.18. The van der Waals surface area contributed by atoms with Gasteiger partial charge >= 0.3 is 5.97 Å². The second-order valence-corrected chi connectivity index (χ2v) is 6.67. The fourth-order valence-electron chi connectivity index (χ4n) is 2.85. The summed E-state index contributed by atoms with van der Waals surface area (Å²) >= 11 is 6.31. The maximum atomic E-state index is 13.0. The van der Waals surface area contributed by atoms with E-state index in [1.54, 1.807) is 6.92 Å². The molecule has 0 N–H and O–H groups in total. The summed E-state index contributed by atoms with van der Waals surface area (Å²) in [7, 11) is 0. The standard InChI is InChI=1S/C22H18ClN3O3/c1-2-19(27)29-14-18(23)26-22(28)17(13-24)20(15-9-5-3-6-10-15)21(25-26)16-11-7-4-8-12-16/h3-12,18H,2,14H2,1H3. The van der Waals surface area contributed by atoms with E-state index in [9.17, 15) is 14.9 Å². The third kappa shape index (κ3) is 4.36. The summed E-state index contributed by atoms with van der Waals surface area (Å²) in [6.07, 6.45) is 0.192. The van der Waals surface area contributed by atoms with Crippen LogP contribution in [-0.4, -0.2) is 22.4 Å². The van der Waals surface area contributed by atoms with E-state index >= 15 is 0 Å². The summed E-state index contributed by atoms with van der Waals surface area (Å²) < 4.78 is 6.04. The van der Waals surface area contributed by atoms with Crippen LogP contribution in [0.25, 0.3) is 22.4 Å². The van der Waals surface area contributed by atoms with Crippen LogP contribution in [-0.2, 0) is 9.53 Å². The molecule has 0 saturated heterocycles. The molecule has 1 aromatic heterocycles. The molecule has 3 rings (SSSR count). The minimum atomic E-state index is -1.04. The normalized spacial score (nSPS) is 11.5. The van der Waals surface area contributed by atoms with Crippen LogP contribution in [0.1, 0.15) is 24.4 Å². The number of carbonyl (C=O) groups is 1. The number of esters is 1. The number of nitriles is 1. The molecule has 29 heavy (non-hydrogen) atoms. The first-order valence-corrected chi connectivity index (χ1v) is 9.47. The molecule has 0 amide bonds. The lowest BCUT2D eigenvalue weighted by Gasteiger charge is -2.17. The molecule has 2 aromatic carbocycles. The van der Waals surface area contributed by atoms with E-state index in [-0.39, 0.29) is 18.6 Å². The van der Waals surface area contributed by atoms with Crippen molar-refractivity contribution >= 4 is 17.6 Å². The Morgan fingerprint density at radius 2 is 1.72 bits per heavy atom. The molecule has 6 nitrogen and oxygen atoms in total. The molecule has 0 bridgehead atoms. The minimum Gasteiger partial charge on any atom is -0.462 e. The Hall–Kier alpha value is -3.43. The van der Waals surface area contributed by atoms with Crippen LogP contribution in [0.3, 0.4) is 0 Å². The Bertz CT molecular complexity index is 1110. The van der Waals surface area contributed by atoms with E-state index in [2.05, 4.69) is 5.10 Å². The first-order valence-electron chi connectivity index (χ1n) is 9.04. The van der Waals surface area contributed by atoms with Crippen molar-refractivity contribution in [1.82, 2.24) is 9.78 Å². The predicted octanol–water partition coefficient (Wildman–Crippen LogP) is 4.14. The average molecular weight is 408 g/mol. The molecule has 7 heteroatoms. The summed E-state index contributed by atoms with van der Waals surface area (Å²) in [6.45, 7) is 1.43. The number of ether oxygens (including phenoxy) is 1. The molecule has 0 aliphatic rings. The largest absolute Gasteiger partial charge is 0.462 e. The lowest BCUT2D eigenvalue weighted by Crippen LogP contribution is -2.31. The minimum absolute atomic E-state index is 0.0717. The zero-order chi connectivity index (χ0) is 20.8. The van der Waals surface area contributed by atoms with Gasteiger partial charge in [0.2, 0.25) is 0 Å². The van der Waals surface area contributed by atoms with Gasteiger partial charge in [-0.05, 0) is 5.56 Å². The van der Waals surface area contributed by atoms with Crippen LogP contribution in [0.2, 0.25) is 0 Å². The highest BCUT2D eigenvalue weighted by molar-refractivity contribution is 6.19. The van der Waals surface area contributed by atoms with Gasteiger partial charge in [0, 0.05) is 17.5 Å². The molecule has 3 aromatic rings. The van der Waals surface area contributed by atoms with Crippen molar-refractivity contribution in [2.45, 2.75) is 18.8 Å². The van der Waals surface area contributed by atoms with Crippen molar-refractivity contribution in [1.29, 1.82) is 5.26 Å². The van der Waals surface area contributed by atoms with Gasteiger partial charge in [-0.2, -0.15) is 10.4 Å². The molecule has 0 saturated carbocycles. The zero-order valence-electron chi connectivity index (χ0n) is 15.7. The highest BCUT2D eigenvalue weighted by Crippen LogP contribution is 2.32. The fourth-order valence-corrected chi connectivity index (χ4v) is 3.05. The Morgan fingerprint density at radius 3 is 2.28 bits per heavy atom. The molecule has 1 heterocycles. The monoisotopic (exact) mass is 407 g/mol. The molecule has 1 atom stereocenters. The number of benzene rings is 2. The van der Waals surface area contributed by atoms with Crippen molar-refractivity contribution in [2.24, 2.45) is 0 Å². The zero-order valence-corrected chi connectivity index (χ0v) is 16.5. The van der Waals surface area contributed by atoms with Gasteiger partial charge in [0.1, 0.15) is 23.9 Å². The summed E-state index contributed by atoms with van der Waals surface area (Å²) in [4.78, 5) is 24.4. The topological polar surface area (TPSA) is 85.0 Å². The van der Waals surface area contributed by atoms with Gasteiger partial charge in [-0.15, -0.1) is 0 Å². The molecule has 0 aliphatic carbocycles. The van der Waals surface area contributed by atoms with Gasteiger partial charge in [-0.25, -0.2) is 4.68 Å². The lowest BCUT2D eigenvalue weighted by atomic mass is 9.96. The number of carbonyl (C=O) groups excluding carboxylic acids is 1. The Kier molecular flexibility index (Phi) is 6.43. The van der Waals surface area contributed by atoms with E-state index in [1.807, 2.05) is 66.7 Å². The van der Waals surface area contributed by atoms with Crippen molar-refractivity contribution in [3.8, 4) is 28.5 Å². The smallest absolute Gasteiger partial charge is 0.305 e. The Labute approximate surface area is 172 Å². The third-order valence-corrected chi connectivity index (χ3v) is 4.58. The molecule has 0 fully saturated rings. The molecule has 0 spiro atoms. The van der Waals surface area contributed by atoms with E-state index < -0.39 is 17.0 Å². The van der Waals surface area contributed by atoms with Gasteiger partial charge in [0.25, 0.3) is 5.56 Å². The molecular weight excluding hydrogens is 390 g/mol. The molecule has 0 aliphatic heterocycles. The summed E-state index contributed by atoms with van der Waals surface area (Å²) in [5.41, 5.74) is 0.554. The number of hydrogen-bond acceptors (Lipinski definition) is 5. The van der Waals surface area contributed by atoms with Crippen LogP contribution in [0, 0.1) is 11.3 Å². The number of nitrogens with zero attached hydrogens (tertiary/aromatic N) is 3. The maximum absolute atomic E-state index is 13.0. The average Bonchev–Trinajstić information content (AvgIpc) is 2.77. The number of halogens is 1. The van der Waals surface area contributed by atoms with Crippen LogP contribution < -0.4 is 5.56 Å². The fraction of sp³-hybridized carbons (Fsp3) is 0.182. The number of aromatic nitrogens is 2. The lowest BCUT2D eigenvalue weighted by molar-refractivity contribution is -0.143. The molecular formula is C22H18ClN3O3. The first kappa shape index (κ1) is 20.3. The van der Waals surface area contributed by atoms with Crippen molar-refractivity contribution in [2.75, 3.05) is 6.61 Å². The maximum Gasteiger partial charge on any atom is 0.305 e. The van der Waals surface area contributed by atoms with Crippen LogP contribution in [0.5, 0.6) is 0 Å². The summed E-state index contributed by atoms with van der Waals surface area (Å²) in [5, 5.41) is 14.2. The van der Waals surface area contributed by atoms with E-state index in [0.29, 0.717) is 16.8 Å². The van der Waals surface area contributed by atoms with Crippen LogP contribution in [0.4, 0.5) is 0 Å². The number of hydrogen-bond donors (Lipinski definition) is 0. The molecule has 1 unspecified atom stereocenters. The summed E-state index contributed by atoms with van der Waals surface area (Å²) in [6, 6.07) is 20.4. The number of rotatable bonds is 6. The predicted molar refractivity (Wildman–Crippen MR) is 110 cm³/mol. The van der Waals surface area contributed by atoms with E-state index in [4.69, 9.17) is 16.3 Å². The molecule has 146 valence electrons. The van der Waals surface area contributed by atoms with Gasteiger partial charge < -0.3 is 4.74 Å². The Morgan fingerprint density at radius 1 is 1.14 bits per heavy atom. The summed E-state index contributed by atoms with van der Waals surface area (Å²) in [5.74, 6) is -0.437. The van der Waals surface area contributed by atoms with Crippen LogP contribution in [0.15, 0.2) is 65.5 Å². The highest BCUT2D eigenvalue weighted by Gasteiger charge is 2.23. The highest BCUT2D eigenvalue weighted by atomic mass is 35.5.